The van der Waals surface area contributed by atoms with Gasteiger partial charge < -0.3 is 9.47 Å². The summed E-state index contributed by atoms with van der Waals surface area (Å²) in [5, 5.41) is 14.0. The molecule has 0 bridgehead atoms. The zero-order valence-corrected chi connectivity index (χ0v) is 15.2. The fourth-order valence-electron chi connectivity index (χ4n) is 2.70. The van der Waals surface area contributed by atoms with Gasteiger partial charge in [0.2, 0.25) is 4.96 Å². The second-order valence-electron chi connectivity index (χ2n) is 5.62. The van der Waals surface area contributed by atoms with Crippen molar-refractivity contribution in [2.24, 2.45) is 0 Å². The van der Waals surface area contributed by atoms with Gasteiger partial charge in [-0.25, -0.2) is 0 Å². The van der Waals surface area contributed by atoms with Crippen LogP contribution in [0.1, 0.15) is 11.4 Å². The van der Waals surface area contributed by atoms with E-state index in [1.165, 1.54) is 11.3 Å². The highest BCUT2D eigenvalue weighted by Gasteiger charge is 2.14. The van der Waals surface area contributed by atoms with Crippen molar-refractivity contribution in [3.05, 3.63) is 54.0 Å². The minimum absolute atomic E-state index is 0.723. The Hall–Kier alpha value is -3.00. The van der Waals surface area contributed by atoms with E-state index in [-0.39, 0.29) is 0 Å². The Morgan fingerprint density at radius 2 is 1.88 bits per heavy atom. The first-order valence-electron chi connectivity index (χ1n) is 8.12. The van der Waals surface area contributed by atoms with Gasteiger partial charge in [0.05, 0.1) is 14.2 Å². The van der Waals surface area contributed by atoms with E-state index in [0.29, 0.717) is 0 Å². The number of nitrogens with zero attached hydrogens (tertiary/aromatic N) is 5. The highest BCUT2D eigenvalue weighted by atomic mass is 32.1. The molecule has 0 aliphatic heterocycles. The van der Waals surface area contributed by atoms with Gasteiger partial charge in [-0.1, -0.05) is 23.5 Å². The predicted molar refractivity (Wildman–Crippen MR) is 98.8 cm³/mol. The third-order valence-corrected chi connectivity index (χ3v) is 4.95. The Bertz CT molecular complexity index is 1030. The van der Waals surface area contributed by atoms with Gasteiger partial charge in [-0.3, -0.25) is 4.98 Å². The van der Waals surface area contributed by atoms with Crippen molar-refractivity contribution in [3.8, 4) is 22.2 Å². The van der Waals surface area contributed by atoms with Crippen LogP contribution in [-0.4, -0.2) is 39.0 Å². The van der Waals surface area contributed by atoms with E-state index < -0.39 is 0 Å². The molecule has 0 N–H and O–H groups in total. The SMILES string of the molecule is COc1ccc(CCc2nnc3sc(-c4ccccn4)nn23)cc1OC. The first kappa shape index (κ1) is 16.5. The molecular formula is C18H17N5O2S. The lowest BCUT2D eigenvalue weighted by molar-refractivity contribution is 0.354. The molecule has 26 heavy (non-hydrogen) atoms. The van der Waals surface area contributed by atoms with E-state index in [9.17, 15) is 0 Å². The average molecular weight is 367 g/mol. The van der Waals surface area contributed by atoms with Gasteiger partial charge in [0.1, 0.15) is 5.69 Å². The second-order valence-corrected chi connectivity index (χ2v) is 6.58. The number of fused-ring (bicyclic) bond motifs is 1. The van der Waals surface area contributed by atoms with Crippen molar-refractivity contribution < 1.29 is 9.47 Å². The van der Waals surface area contributed by atoms with Crippen LogP contribution < -0.4 is 9.47 Å². The van der Waals surface area contributed by atoms with E-state index in [0.717, 1.165) is 51.4 Å². The molecule has 3 aromatic heterocycles. The number of hydrogen-bond acceptors (Lipinski definition) is 7. The summed E-state index contributed by atoms with van der Waals surface area (Å²) in [5.41, 5.74) is 1.98. The Kier molecular flexibility index (Phi) is 4.49. The molecule has 3 heterocycles. The zero-order chi connectivity index (χ0) is 17.9. The molecule has 0 aliphatic rings. The van der Waals surface area contributed by atoms with E-state index in [1.807, 2.05) is 36.4 Å². The summed E-state index contributed by atoms with van der Waals surface area (Å²) >= 11 is 1.48. The van der Waals surface area contributed by atoms with Gasteiger partial charge in [0.25, 0.3) is 0 Å². The molecule has 0 aliphatic carbocycles. The molecule has 0 amide bonds. The fraction of sp³-hybridized carbons (Fsp3) is 0.222. The number of aromatic nitrogens is 5. The van der Waals surface area contributed by atoms with E-state index in [4.69, 9.17) is 9.47 Å². The van der Waals surface area contributed by atoms with Gasteiger partial charge in [0.15, 0.2) is 22.3 Å². The molecule has 0 radical (unpaired) electrons. The smallest absolute Gasteiger partial charge is 0.235 e. The molecule has 0 saturated carbocycles. The summed E-state index contributed by atoms with van der Waals surface area (Å²) in [6.07, 6.45) is 3.29. The second kappa shape index (κ2) is 7.09. The van der Waals surface area contributed by atoms with Crippen LogP contribution in [-0.2, 0) is 12.8 Å². The van der Waals surface area contributed by atoms with Crippen molar-refractivity contribution in [2.45, 2.75) is 12.8 Å². The molecule has 0 atom stereocenters. The maximum atomic E-state index is 5.36. The van der Waals surface area contributed by atoms with Gasteiger partial charge >= 0.3 is 0 Å². The number of hydrogen-bond donors (Lipinski definition) is 0. The number of ether oxygens (including phenoxy) is 2. The first-order chi connectivity index (χ1) is 12.8. The van der Waals surface area contributed by atoms with Crippen molar-refractivity contribution in [1.29, 1.82) is 0 Å². The Morgan fingerprint density at radius 3 is 2.65 bits per heavy atom. The van der Waals surface area contributed by atoms with Crippen LogP contribution in [0.3, 0.4) is 0 Å². The van der Waals surface area contributed by atoms with Crippen LogP contribution in [0.25, 0.3) is 15.7 Å². The lowest BCUT2D eigenvalue weighted by Crippen LogP contribution is -2.00. The molecule has 8 heteroatoms. The maximum absolute atomic E-state index is 5.36. The third-order valence-electron chi connectivity index (χ3n) is 4.02. The summed E-state index contributed by atoms with van der Waals surface area (Å²) in [6.45, 7) is 0. The van der Waals surface area contributed by atoms with Gasteiger partial charge in [-0.2, -0.15) is 9.61 Å². The molecule has 0 unspecified atom stereocenters. The lowest BCUT2D eigenvalue weighted by Gasteiger charge is -2.09. The first-order valence-corrected chi connectivity index (χ1v) is 8.93. The largest absolute Gasteiger partial charge is 0.493 e. The standard InChI is InChI=1S/C18H17N5O2S/c1-24-14-8-6-12(11-15(14)25-2)7-9-16-20-21-18-23(16)22-17(26-18)13-5-3-4-10-19-13/h3-6,8,10-11H,7,9H2,1-2H3. The molecule has 4 aromatic rings. The quantitative estimate of drug-likeness (QED) is 0.521. The zero-order valence-electron chi connectivity index (χ0n) is 14.4. The van der Waals surface area contributed by atoms with Crippen molar-refractivity contribution in [2.75, 3.05) is 14.2 Å². The van der Waals surface area contributed by atoms with Crippen LogP contribution in [0.5, 0.6) is 11.5 Å². The molecule has 7 nitrogen and oxygen atoms in total. The van der Waals surface area contributed by atoms with Crippen molar-refractivity contribution >= 4 is 16.3 Å². The fourth-order valence-corrected chi connectivity index (χ4v) is 3.53. The maximum Gasteiger partial charge on any atom is 0.235 e. The number of pyridine rings is 1. The Balaban J connectivity index is 1.55. The third kappa shape index (κ3) is 3.11. The predicted octanol–water partition coefficient (Wildman–Crippen LogP) is 3.05. The minimum Gasteiger partial charge on any atom is -0.493 e. The Morgan fingerprint density at radius 1 is 1.00 bits per heavy atom. The highest BCUT2D eigenvalue weighted by Crippen LogP contribution is 2.28. The highest BCUT2D eigenvalue weighted by molar-refractivity contribution is 7.19. The Labute approximate surface area is 154 Å². The van der Waals surface area contributed by atoms with Crippen molar-refractivity contribution in [3.63, 3.8) is 0 Å². The van der Waals surface area contributed by atoms with Crippen LogP contribution in [0.4, 0.5) is 0 Å². The number of aryl methyl sites for hydroxylation is 2. The average Bonchev–Trinajstić information content (AvgIpc) is 3.28. The summed E-state index contributed by atoms with van der Waals surface area (Å²) in [5.74, 6) is 2.27. The summed E-state index contributed by atoms with van der Waals surface area (Å²) < 4.78 is 12.4. The summed E-state index contributed by atoms with van der Waals surface area (Å²) in [7, 11) is 3.27. The molecule has 0 spiro atoms. The van der Waals surface area contributed by atoms with E-state index >= 15 is 0 Å². The molecular weight excluding hydrogens is 350 g/mol. The molecule has 132 valence electrons. The molecule has 1 aromatic carbocycles. The molecule has 0 saturated heterocycles. The van der Waals surface area contributed by atoms with Crippen LogP contribution >= 0.6 is 11.3 Å². The van der Waals surface area contributed by atoms with Gasteiger partial charge in [0, 0.05) is 12.6 Å². The number of rotatable bonds is 6. The number of benzene rings is 1. The van der Waals surface area contributed by atoms with Crippen LogP contribution in [0.15, 0.2) is 42.6 Å². The topological polar surface area (TPSA) is 74.4 Å². The van der Waals surface area contributed by atoms with Crippen LogP contribution in [0, 0.1) is 0 Å². The van der Waals surface area contributed by atoms with Gasteiger partial charge in [-0.05, 0) is 36.2 Å². The normalized spacial score (nSPS) is 11.0. The monoisotopic (exact) mass is 367 g/mol. The van der Waals surface area contributed by atoms with Crippen molar-refractivity contribution in [1.82, 2.24) is 24.8 Å². The molecule has 4 rings (SSSR count). The van der Waals surface area contributed by atoms with Crippen LogP contribution in [0.2, 0.25) is 0 Å². The van der Waals surface area contributed by atoms with E-state index in [2.05, 4.69) is 20.3 Å². The molecule has 0 fully saturated rings. The van der Waals surface area contributed by atoms with E-state index in [1.54, 1.807) is 24.9 Å². The lowest BCUT2D eigenvalue weighted by atomic mass is 10.1. The van der Waals surface area contributed by atoms with Gasteiger partial charge in [-0.15, -0.1) is 10.2 Å². The summed E-state index contributed by atoms with van der Waals surface area (Å²) in [6, 6.07) is 11.7. The number of methoxy groups -OCH3 is 2. The minimum atomic E-state index is 0.723. The summed E-state index contributed by atoms with van der Waals surface area (Å²) in [4.78, 5) is 5.11.